The van der Waals surface area contributed by atoms with Crippen LogP contribution in [0.15, 0.2) is 0 Å². The van der Waals surface area contributed by atoms with Crippen LogP contribution in [0.2, 0.25) is 0 Å². The highest BCUT2D eigenvalue weighted by molar-refractivity contribution is 5.96. The summed E-state index contributed by atoms with van der Waals surface area (Å²) in [7, 11) is 0. The average molecular weight is 312 g/mol. The van der Waals surface area contributed by atoms with E-state index in [2.05, 4.69) is 0 Å². The number of carbonyl (C=O) groups is 4. The Balaban J connectivity index is 2.81. The highest BCUT2D eigenvalue weighted by Gasteiger charge is 2.45. The van der Waals surface area contributed by atoms with Crippen LogP contribution >= 0.6 is 0 Å². The third kappa shape index (κ3) is 4.13. The van der Waals surface area contributed by atoms with Gasteiger partial charge in [0.15, 0.2) is 5.78 Å². The number of carboxylic acids is 1. The maximum Gasteiger partial charge on any atom is 0.303 e. The number of rotatable bonds is 8. The molecule has 0 saturated carbocycles. The Labute approximate surface area is 129 Å². The Morgan fingerprint density at radius 3 is 2.45 bits per heavy atom. The largest absolute Gasteiger partial charge is 0.481 e. The second-order valence-corrected chi connectivity index (χ2v) is 5.99. The van der Waals surface area contributed by atoms with Crippen molar-refractivity contribution in [3.8, 4) is 0 Å². The van der Waals surface area contributed by atoms with Crippen molar-refractivity contribution in [2.24, 2.45) is 11.7 Å². The first kappa shape index (κ1) is 18.3. The Bertz CT molecular complexity index is 477. The minimum atomic E-state index is -0.995. The number of hydrogen-bond donors (Lipinski definition) is 2. The van der Waals surface area contributed by atoms with Gasteiger partial charge in [0.2, 0.25) is 5.91 Å². The van der Waals surface area contributed by atoms with Gasteiger partial charge < -0.3 is 15.7 Å². The zero-order valence-electron chi connectivity index (χ0n) is 13.1. The molecule has 1 aliphatic rings. The first-order valence-corrected chi connectivity index (χ1v) is 7.48. The number of amides is 1. The highest BCUT2D eigenvalue weighted by atomic mass is 16.4. The van der Waals surface area contributed by atoms with Gasteiger partial charge in [0, 0.05) is 25.3 Å². The molecule has 124 valence electrons. The van der Waals surface area contributed by atoms with Gasteiger partial charge in [-0.2, -0.15) is 0 Å². The molecule has 3 N–H and O–H groups in total. The van der Waals surface area contributed by atoms with Crippen LogP contribution in [0.25, 0.3) is 0 Å². The van der Waals surface area contributed by atoms with Crippen molar-refractivity contribution in [3.63, 3.8) is 0 Å². The minimum absolute atomic E-state index is 0.0343. The Kier molecular flexibility index (Phi) is 6.22. The molecule has 0 aromatic heterocycles. The molecule has 1 heterocycles. The number of carboxylic acid groups (broad SMARTS) is 1. The maximum atomic E-state index is 12.6. The van der Waals surface area contributed by atoms with Gasteiger partial charge in [0.1, 0.15) is 5.78 Å². The van der Waals surface area contributed by atoms with Gasteiger partial charge in [-0.05, 0) is 33.1 Å². The number of nitrogens with zero attached hydrogens (tertiary/aromatic N) is 1. The second kappa shape index (κ2) is 7.49. The number of hydrogen-bond acceptors (Lipinski definition) is 5. The molecule has 2 atom stereocenters. The normalized spacial score (nSPS) is 22.4. The molecule has 2 unspecified atom stereocenters. The summed E-state index contributed by atoms with van der Waals surface area (Å²) in [6.07, 6.45) is 1.21. The number of carbonyl (C=O) groups excluding carboxylic acids is 3. The van der Waals surface area contributed by atoms with E-state index in [0.717, 1.165) is 0 Å². The topological polar surface area (TPSA) is 118 Å². The van der Waals surface area contributed by atoms with E-state index in [-0.39, 0.29) is 43.3 Å². The van der Waals surface area contributed by atoms with Gasteiger partial charge in [-0.1, -0.05) is 0 Å². The fourth-order valence-electron chi connectivity index (χ4n) is 2.95. The van der Waals surface area contributed by atoms with Gasteiger partial charge >= 0.3 is 5.97 Å². The first-order valence-electron chi connectivity index (χ1n) is 7.48. The van der Waals surface area contributed by atoms with Crippen molar-refractivity contribution >= 4 is 23.4 Å². The number of aliphatic carboxylic acids is 1. The molecule has 1 amide bonds. The van der Waals surface area contributed by atoms with Crippen molar-refractivity contribution in [1.29, 1.82) is 0 Å². The van der Waals surface area contributed by atoms with Crippen LogP contribution in [0.1, 0.15) is 46.0 Å². The molecular formula is C15H24N2O5. The van der Waals surface area contributed by atoms with E-state index < -0.39 is 17.4 Å². The number of nitrogens with two attached hydrogens (primary N) is 1. The van der Waals surface area contributed by atoms with E-state index in [4.69, 9.17) is 10.8 Å². The van der Waals surface area contributed by atoms with Crippen molar-refractivity contribution in [1.82, 2.24) is 4.90 Å². The molecule has 22 heavy (non-hydrogen) atoms. The maximum absolute atomic E-state index is 12.6. The summed E-state index contributed by atoms with van der Waals surface area (Å²) in [6.45, 7) is 3.39. The lowest BCUT2D eigenvalue weighted by Gasteiger charge is -2.34. The molecule has 0 radical (unpaired) electrons. The first-order chi connectivity index (χ1) is 10.2. The lowest BCUT2D eigenvalue weighted by molar-refractivity contribution is -0.143. The number of Topliss-reactive ketones (excluding diaryl/α,β-unsaturated/α-hetero) is 2. The van der Waals surface area contributed by atoms with E-state index in [0.29, 0.717) is 19.4 Å². The molecule has 1 fully saturated rings. The lowest BCUT2D eigenvalue weighted by Crippen LogP contribution is -2.53. The highest BCUT2D eigenvalue weighted by Crippen LogP contribution is 2.32. The molecule has 7 nitrogen and oxygen atoms in total. The van der Waals surface area contributed by atoms with Crippen LogP contribution in [0.5, 0.6) is 0 Å². The zero-order valence-corrected chi connectivity index (χ0v) is 13.1. The summed E-state index contributed by atoms with van der Waals surface area (Å²) in [5.41, 5.74) is 4.44. The Hall–Kier alpha value is -1.76. The predicted octanol–water partition coefficient (Wildman–Crippen LogP) is 0.355. The summed E-state index contributed by atoms with van der Waals surface area (Å²) >= 11 is 0. The Morgan fingerprint density at radius 2 is 1.95 bits per heavy atom. The van der Waals surface area contributed by atoms with E-state index in [1.54, 1.807) is 6.92 Å². The van der Waals surface area contributed by atoms with Crippen molar-refractivity contribution in [3.05, 3.63) is 0 Å². The van der Waals surface area contributed by atoms with Crippen molar-refractivity contribution in [2.75, 3.05) is 13.1 Å². The minimum Gasteiger partial charge on any atom is -0.481 e. The molecular weight excluding hydrogens is 288 g/mol. The standard InChI is InChI=1S/C15H24N2O5/c1-10(18)11(4-5-14(21)22)8-12(19)15(2)6-3-7-17(15)13(20)9-16/h11H,3-9,16H2,1-2H3,(H,21,22). The molecule has 0 aliphatic carbocycles. The second-order valence-electron chi connectivity index (χ2n) is 5.99. The number of ketones is 2. The summed E-state index contributed by atoms with van der Waals surface area (Å²) < 4.78 is 0. The molecule has 0 aromatic carbocycles. The zero-order chi connectivity index (χ0) is 16.9. The third-order valence-corrected chi connectivity index (χ3v) is 4.43. The summed E-state index contributed by atoms with van der Waals surface area (Å²) in [6, 6.07) is 0. The van der Waals surface area contributed by atoms with Crippen molar-refractivity contribution in [2.45, 2.75) is 51.5 Å². The van der Waals surface area contributed by atoms with Gasteiger partial charge in [0.05, 0.1) is 12.1 Å². The molecule has 1 rings (SSSR count). The van der Waals surface area contributed by atoms with E-state index in [9.17, 15) is 19.2 Å². The van der Waals surface area contributed by atoms with Crippen LogP contribution in [-0.2, 0) is 19.2 Å². The van der Waals surface area contributed by atoms with Crippen LogP contribution < -0.4 is 5.73 Å². The smallest absolute Gasteiger partial charge is 0.303 e. The Morgan fingerprint density at radius 1 is 1.32 bits per heavy atom. The van der Waals surface area contributed by atoms with Crippen LogP contribution in [0.3, 0.4) is 0 Å². The van der Waals surface area contributed by atoms with E-state index in [1.165, 1.54) is 11.8 Å². The van der Waals surface area contributed by atoms with Crippen LogP contribution in [0.4, 0.5) is 0 Å². The average Bonchev–Trinajstić information content (AvgIpc) is 2.85. The fourth-order valence-corrected chi connectivity index (χ4v) is 2.95. The molecule has 1 saturated heterocycles. The van der Waals surface area contributed by atoms with Crippen molar-refractivity contribution < 1.29 is 24.3 Å². The van der Waals surface area contributed by atoms with E-state index in [1.807, 2.05) is 0 Å². The lowest BCUT2D eigenvalue weighted by atomic mass is 9.84. The quantitative estimate of drug-likeness (QED) is 0.668. The fraction of sp³-hybridized carbons (Fsp3) is 0.733. The molecule has 0 bridgehead atoms. The molecule has 7 heteroatoms. The summed E-state index contributed by atoms with van der Waals surface area (Å²) in [4.78, 5) is 48.3. The monoisotopic (exact) mass is 312 g/mol. The van der Waals surface area contributed by atoms with Gasteiger partial charge in [-0.25, -0.2) is 0 Å². The SMILES string of the molecule is CC(=O)C(CCC(=O)O)CC(=O)C1(C)CCCN1C(=O)CN. The van der Waals surface area contributed by atoms with Gasteiger partial charge in [0.25, 0.3) is 0 Å². The van der Waals surface area contributed by atoms with Gasteiger partial charge in [-0.15, -0.1) is 0 Å². The van der Waals surface area contributed by atoms with Crippen LogP contribution in [-0.4, -0.2) is 52.1 Å². The third-order valence-electron chi connectivity index (χ3n) is 4.43. The molecule has 0 aromatic rings. The van der Waals surface area contributed by atoms with Gasteiger partial charge in [-0.3, -0.25) is 19.2 Å². The van der Waals surface area contributed by atoms with Crippen LogP contribution in [0, 0.1) is 5.92 Å². The summed E-state index contributed by atoms with van der Waals surface area (Å²) in [5, 5.41) is 8.72. The molecule has 1 aliphatic heterocycles. The molecule has 0 spiro atoms. The predicted molar refractivity (Wildman–Crippen MR) is 79.1 cm³/mol. The van der Waals surface area contributed by atoms with E-state index >= 15 is 0 Å². The number of likely N-dealkylation sites (tertiary alicyclic amines) is 1. The summed E-state index contributed by atoms with van der Waals surface area (Å²) in [5.74, 6) is -2.29.